The zero-order valence-electron chi connectivity index (χ0n) is 16.7. The zero-order valence-corrected chi connectivity index (χ0v) is 16.7. The molecule has 0 unspecified atom stereocenters. The normalized spacial score (nSPS) is 12.6. The third-order valence-corrected chi connectivity index (χ3v) is 4.96. The fourth-order valence-electron chi connectivity index (χ4n) is 3.42. The Kier molecular flexibility index (Phi) is 5.16. The van der Waals surface area contributed by atoms with Crippen molar-refractivity contribution in [2.45, 2.75) is 53.1 Å². The number of H-pyrrole nitrogens is 2. The molecule has 0 radical (unpaired) electrons. The molecule has 144 valence electrons. The highest BCUT2D eigenvalue weighted by Crippen LogP contribution is 2.25. The van der Waals surface area contributed by atoms with E-state index in [1.165, 1.54) is 0 Å². The molecule has 0 saturated carbocycles. The highest BCUT2D eigenvalue weighted by Gasteiger charge is 2.24. The van der Waals surface area contributed by atoms with Crippen LogP contribution < -0.4 is 0 Å². The van der Waals surface area contributed by atoms with Gasteiger partial charge in [-0.3, -0.25) is 15.0 Å². The number of carbonyl (C=O) groups excluding carboxylic acids is 1. The van der Waals surface area contributed by atoms with Crippen LogP contribution in [0.4, 0.5) is 0 Å². The molecular formula is C19H27N7O. The second kappa shape index (κ2) is 7.38. The summed E-state index contributed by atoms with van der Waals surface area (Å²) in [4.78, 5) is 19.0. The Morgan fingerprint density at radius 3 is 2.59 bits per heavy atom. The van der Waals surface area contributed by atoms with Gasteiger partial charge in [-0.25, -0.2) is 4.98 Å². The van der Waals surface area contributed by atoms with Gasteiger partial charge in [0.25, 0.3) is 5.91 Å². The number of aromatic amines is 2. The minimum absolute atomic E-state index is 0.0995. The minimum Gasteiger partial charge on any atom is -0.333 e. The fraction of sp³-hybridized carbons (Fsp3) is 0.474. The van der Waals surface area contributed by atoms with E-state index in [-0.39, 0.29) is 11.9 Å². The van der Waals surface area contributed by atoms with Crippen LogP contribution in [-0.2, 0) is 6.54 Å². The molecule has 0 fully saturated rings. The predicted molar refractivity (Wildman–Crippen MR) is 103 cm³/mol. The molecule has 27 heavy (non-hydrogen) atoms. The average Bonchev–Trinajstić information content (AvgIpc) is 3.34. The van der Waals surface area contributed by atoms with Gasteiger partial charge in [0.1, 0.15) is 11.5 Å². The number of hydrogen-bond donors (Lipinski definition) is 2. The summed E-state index contributed by atoms with van der Waals surface area (Å²) in [5, 5.41) is 14.4. The van der Waals surface area contributed by atoms with Crippen LogP contribution in [0.1, 0.15) is 71.7 Å². The first kappa shape index (κ1) is 18.9. The van der Waals surface area contributed by atoms with Crippen LogP contribution in [0.3, 0.4) is 0 Å². The van der Waals surface area contributed by atoms with E-state index in [1.54, 1.807) is 18.1 Å². The van der Waals surface area contributed by atoms with E-state index >= 15 is 0 Å². The van der Waals surface area contributed by atoms with Gasteiger partial charge in [-0.1, -0.05) is 13.8 Å². The number of aromatic nitrogens is 6. The Hall–Kier alpha value is -2.90. The molecule has 3 aromatic heterocycles. The van der Waals surface area contributed by atoms with Crippen molar-refractivity contribution in [1.82, 2.24) is 34.8 Å². The van der Waals surface area contributed by atoms with Crippen LogP contribution >= 0.6 is 0 Å². The summed E-state index contributed by atoms with van der Waals surface area (Å²) >= 11 is 0. The molecule has 0 spiro atoms. The van der Waals surface area contributed by atoms with E-state index in [1.807, 2.05) is 33.0 Å². The molecule has 3 aromatic rings. The van der Waals surface area contributed by atoms with Crippen LogP contribution in [0.25, 0.3) is 0 Å². The van der Waals surface area contributed by atoms with Crippen molar-refractivity contribution in [3.8, 4) is 0 Å². The number of aryl methyl sites for hydroxylation is 2. The van der Waals surface area contributed by atoms with Gasteiger partial charge in [-0.15, -0.1) is 0 Å². The summed E-state index contributed by atoms with van der Waals surface area (Å²) in [7, 11) is 1.79. The lowest BCUT2D eigenvalue weighted by molar-refractivity contribution is 0.0736. The third kappa shape index (κ3) is 3.65. The first-order chi connectivity index (χ1) is 12.8. The Morgan fingerprint density at radius 1 is 1.22 bits per heavy atom. The molecule has 0 aliphatic heterocycles. The molecule has 1 atom stereocenters. The standard InChI is InChI=1S/C19H27N7O/c1-11(2)18-20-7-8-26(18)10-15-9-16(24-23-15)19(27)25(6)14(5)17-12(3)21-22-13(17)4/h7-9,11,14H,10H2,1-6H3,(H,21,22)(H,23,24)/t14-/m1/s1. The van der Waals surface area contributed by atoms with Gasteiger partial charge in [0, 0.05) is 36.6 Å². The molecule has 3 heterocycles. The lowest BCUT2D eigenvalue weighted by Crippen LogP contribution is -2.30. The predicted octanol–water partition coefficient (Wildman–Crippen LogP) is 2.95. The van der Waals surface area contributed by atoms with E-state index in [0.717, 1.165) is 28.5 Å². The molecule has 8 heteroatoms. The first-order valence-corrected chi connectivity index (χ1v) is 9.13. The summed E-state index contributed by atoms with van der Waals surface area (Å²) in [6.07, 6.45) is 3.74. The van der Waals surface area contributed by atoms with Crippen LogP contribution in [0.2, 0.25) is 0 Å². The molecule has 3 rings (SSSR count). The monoisotopic (exact) mass is 369 g/mol. The summed E-state index contributed by atoms with van der Waals surface area (Å²) < 4.78 is 2.07. The van der Waals surface area contributed by atoms with E-state index in [0.29, 0.717) is 18.2 Å². The summed E-state index contributed by atoms with van der Waals surface area (Å²) in [6.45, 7) is 10.7. The van der Waals surface area contributed by atoms with Gasteiger partial charge in [0.05, 0.1) is 24.0 Å². The topological polar surface area (TPSA) is 95.5 Å². The second-order valence-electron chi connectivity index (χ2n) is 7.29. The van der Waals surface area contributed by atoms with Crippen molar-refractivity contribution in [2.75, 3.05) is 7.05 Å². The maximum Gasteiger partial charge on any atom is 0.274 e. The third-order valence-electron chi connectivity index (χ3n) is 4.96. The van der Waals surface area contributed by atoms with E-state index in [2.05, 4.69) is 43.8 Å². The van der Waals surface area contributed by atoms with Gasteiger partial charge in [0.2, 0.25) is 0 Å². The molecule has 0 bridgehead atoms. The zero-order chi connectivity index (χ0) is 19.7. The number of carbonyl (C=O) groups is 1. The molecule has 0 aliphatic rings. The Labute approximate surface area is 159 Å². The Bertz CT molecular complexity index is 914. The molecular weight excluding hydrogens is 342 g/mol. The van der Waals surface area contributed by atoms with Crippen molar-refractivity contribution in [1.29, 1.82) is 0 Å². The molecule has 8 nitrogen and oxygen atoms in total. The van der Waals surface area contributed by atoms with Crippen LogP contribution in [-0.4, -0.2) is 47.8 Å². The Balaban J connectivity index is 1.75. The average molecular weight is 369 g/mol. The highest BCUT2D eigenvalue weighted by molar-refractivity contribution is 5.92. The molecule has 1 amide bonds. The number of rotatable bonds is 6. The van der Waals surface area contributed by atoms with Crippen molar-refractivity contribution in [3.05, 3.63) is 52.6 Å². The fourth-order valence-corrected chi connectivity index (χ4v) is 3.42. The van der Waals surface area contributed by atoms with Crippen molar-refractivity contribution < 1.29 is 4.79 Å². The number of hydrogen-bond acceptors (Lipinski definition) is 4. The molecule has 0 saturated heterocycles. The number of amides is 1. The second-order valence-corrected chi connectivity index (χ2v) is 7.29. The van der Waals surface area contributed by atoms with Crippen LogP contribution in [0.5, 0.6) is 0 Å². The largest absolute Gasteiger partial charge is 0.333 e. The summed E-state index contributed by atoms with van der Waals surface area (Å²) in [5.74, 6) is 1.21. The van der Waals surface area contributed by atoms with Crippen molar-refractivity contribution in [3.63, 3.8) is 0 Å². The number of nitrogens with zero attached hydrogens (tertiary/aromatic N) is 5. The SMILES string of the molecule is Cc1n[nH]c(C)c1[C@@H](C)N(C)C(=O)c1cc(Cn2ccnc2C(C)C)[nH]n1. The molecule has 2 N–H and O–H groups in total. The lowest BCUT2D eigenvalue weighted by atomic mass is 10.1. The van der Waals surface area contributed by atoms with Gasteiger partial charge >= 0.3 is 0 Å². The number of nitrogens with one attached hydrogen (secondary N) is 2. The van der Waals surface area contributed by atoms with E-state index in [4.69, 9.17) is 0 Å². The minimum atomic E-state index is -0.125. The lowest BCUT2D eigenvalue weighted by Gasteiger charge is -2.24. The van der Waals surface area contributed by atoms with Gasteiger partial charge in [-0.05, 0) is 26.8 Å². The van der Waals surface area contributed by atoms with Crippen LogP contribution in [0.15, 0.2) is 18.5 Å². The molecule has 0 aromatic carbocycles. The van der Waals surface area contributed by atoms with Gasteiger partial charge < -0.3 is 9.47 Å². The first-order valence-electron chi connectivity index (χ1n) is 9.13. The van der Waals surface area contributed by atoms with Crippen molar-refractivity contribution >= 4 is 5.91 Å². The van der Waals surface area contributed by atoms with Gasteiger partial charge in [-0.2, -0.15) is 10.2 Å². The van der Waals surface area contributed by atoms with Crippen LogP contribution in [0, 0.1) is 13.8 Å². The number of imidazole rings is 1. The van der Waals surface area contributed by atoms with E-state index < -0.39 is 0 Å². The maximum absolute atomic E-state index is 12.9. The smallest absolute Gasteiger partial charge is 0.274 e. The Morgan fingerprint density at radius 2 is 1.96 bits per heavy atom. The quantitative estimate of drug-likeness (QED) is 0.698. The van der Waals surface area contributed by atoms with E-state index in [9.17, 15) is 4.79 Å². The highest BCUT2D eigenvalue weighted by atomic mass is 16.2. The molecule has 0 aliphatic carbocycles. The summed E-state index contributed by atoms with van der Waals surface area (Å²) in [5.41, 5.74) is 4.20. The van der Waals surface area contributed by atoms with Gasteiger partial charge in [0.15, 0.2) is 0 Å². The summed E-state index contributed by atoms with van der Waals surface area (Å²) in [6, 6.07) is 1.71. The van der Waals surface area contributed by atoms with Crippen molar-refractivity contribution in [2.24, 2.45) is 0 Å². The maximum atomic E-state index is 12.9.